The molecule has 5 nitrogen and oxygen atoms in total. The van der Waals surface area contributed by atoms with Gasteiger partial charge < -0.3 is 9.80 Å². The molecule has 0 radical (unpaired) electrons. The van der Waals surface area contributed by atoms with E-state index in [1.54, 1.807) is 41.1 Å². The van der Waals surface area contributed by atoms with Crippen molar-refractivity contribution in [3.63, 3.8) is 0 Å². The molecular weight excluding hydrogens is 314 g/mol. The minimum Gasteiger partial charge on any atom is -0.344 e. The lowest BCUT2D eigenvalue weighted by atomic mass is 9.95. The van der Waals surface area contributed by atoms with E-state index in [4.69, 9.17) is 0 Å². The van der Waals surface area contributed by atoms with E-state index in [9.17, 15) is 14.9 Å². The molecule has 25 heavy (non-hydrogen) atoms. The maximum absolute atomic E-state index is 13.1. The molecule has 1 fully saturated rings. The Morgan fingerprint density at radius 3 is 2.48 bits per heavy atom. The van der Waals surface area contributed by atoms with Crippen LogP contribution in [0.1, 0.15) is 22.3 Å². The summed E-state index contributed by atoms with van der Waals surface area (Å²) in [5.41, 5.74) is 2.49. The molecule has 0 N–H and O–H groups in total. The van der Waals surface area contributed by atoms with E-state index >= 15 is 0 Å². The zero-order chi connectivity index (χ0) is 17.8. The highest BCUT2D eigenvalue weighted by molar-refractivity contribution is 6.02. The van der Waals surface area contributed by atoms with E-state index in [2.05, 4.69) is 6.07 Å². The summed E-state index contributed by atoms with van der Waals surface area (Å²) in [7, 11) is 1.76. The summed E-state index contributed by atoms with van der Waals surface area (Å²) in [5.74, 6) is -0.229. The van der Waals surface area contributed by atoms with Crippen LogP contribution in [0.25, 0.3) is 11.1 Å². The molecule has 2 aromatic carbocycles. The molecule has 126 valence electrons. The number of carbonyl (C=O) groups excluding carboxylic acids is 2. The summed E-state index contributed by atoms with van der Waals surface area (Å²) in [6, 6.07) is 16.7. The zero-order valence-electron chi connectivity index (χ0n) is 14.1. The first-order valence-electron chi connectivity index (χ1n) is 8.23. The van der Waals surface area contributed by atoms with E-state index in [1.165, 1.54) is 0 Å². The third-order valence-electron chi connectivity index (χ3n) is 4.46. The fourth-order valence-corrected chi connectivity index (χ4v) is 3.05. The first-order valence-corrected chi connectivity index (χ1v) is 8.23. The largest absolute Gasteiger partial charge is 0.344 e. The van der Waals surface area contributed by atoms with Crippen LogP contribution in [-0.2, 0) is 4.79 Å². The quantitative estimate of drug-likeness (QED) is 0.848. The monoisotopic (exact) mass is 333 g/mol. The number of hydrogen-bond donors (Lipinski definition) is 0. The number of nitriles is 1. The van der Waals surface area contributed by atoms with E-state index < -0.39 is 0 Å². The summed E-state index contributed by atoms with van der Waals surface area (Å²) >= 11 is 0. The van der Waals surface area contributed by atoms with Crippen LogP contribution in [0.5, 0.6) is 0 Å². The molecule has 2 amide bonds. The van der Waals surface area contributed by atoms with Gasteiger partial charge in [-0.05, 0) is 24.1 Å². The zero-order valence-corrected chi connectivity index (χ0v) is 14.1. The number of carbonyl (C=O) groups is 2. The van der Waals surface area contributed by atoms with Crippen LogP contribution in [0, 0.1) is 11.3 Å². The number of nitrogens with zero attached hydrogens (tertiary/aromatic N) is 3. The van der Waals surface area contributed by atoms with Gasteiger partial charge in [-0.2, -0.15) is 5.26 Å². The molecule has 0 saturated carbocycles. The van der Waals surface area contributed by atoms with Gasteiger partial charge in [0.15, 0.2) is 0 Å². The maximum atomic E-state index is 13.1. The number of likely N-dealkylation sites (N-methyl/N-ethyl adjacent to an activating group) is 1. The molecule has 1 heterocycles. The van der Waals surface area contributed by atoms with Crippen molar-refractivity contribution >= 4 is 11.8 Å². The van der Waals surface area contributed by atoms with Crippen molar-refractivity contribution in [2.45, 2.75) is 6.42 Å². The Kier molecular flexibility index (Phi) is 4.80. The SMILES string of the molecule is CN1CCCN(C(=O)c2ccccc2-c2ccccc2C#N)CC1=O. The van der Waals surface area contributed by atoms with Crippen LogP contribution >= 0.6 is 0 Å². The Labute approximate surface area is 147 Å². The Hall–Kier alpha value is -3.13. The van der Waals surface area contributed by atoms with Crippen LogP contribution in [0.15, 0.2) is 48.5 Å². The fourth-order valence-electron chi connectivity index (χ4n) is 3.05. The lowest BCUT2D eigenvalue weighted by molar-refractivity contribution is -0.129. The minimum atomic E-state index is -0.174. The molecular formula is C20H19N3O2. The van der Waals surface area contributed by atoms with Crippen molar-refractivity contribution < 1.29 is 9.59 Å². The molecule has 5 heteroatoms. The normalized spacial score (nSPS) is 14.8. The Morgan fingerprint density at radius 2 is 1.72 bits per heavy atom. The van der Waals surface area contributed by atoms with Crippen LogP contribution < -0.4 is 0 Å². The fraction of sp³-hybridized carbons (Fsp3) is 0.250. The average Bonchev–Trinajstić information content (AvgIpc) is 2.82. The third-order valence-corrected chi connectivity index (χ3v) is 4.46. The van der Waals surface area contributed by atoms with Gasteiger partial charge in [0.2, 0.25) is 5.91 Å². The van der Waals surface area contributed by atoms with Crippen molar-refractivity contribution in [2.75, 3.05) is 26.7 Å². The Morgan fingerprint density at radius 1 is 1.04 bits per heavy atom. The number of hydrogen-bond acceptors (Lipinski definition) is 3. The molecule has 1 saturated heterocycles. The highest BCUT2D eigenvalue weighted by atomic mass is 16.2. The Bertz CT molecular complexity index is 854. The summed E-state index contributed by atoms with van der Waals surface area (Å²) in [6.07, 6.45) is 0.755. The third kappa shape index (κ3) is 3.38. The van der Waals surface area contributed by atoms with Gasteiger partial charge in [0.25, 0.3) is 5.91 Å². The van der Waals surface area contributed by atoms with Gasteiger partial charge in [-0.1, -0.05) is 36.4 Å². The lowest BCUT2D eigenvalue weighted by Gasteiger charge is -2.21. The molecule has 1 aliphatic rings. The predicted octanol–water partition coefficient (Wildman–Crippen LogP) is 2.53. The first kappa shape index (κ1) is 16.7. The van der Waals surface area contributed by atoms with Gasteiger partial charge in [0.1, 0.15) is 6.54 Å². The summed E-state index contributed by atoms with van der Waals surface area (Å²) in [4.78, 5) is 28.4. The summed E-state index contributed by atoms with van der Waals surface area (Å²) < 4.78 is 0. The molecule has 0 spiro atoms. The number of amides is 2. The van der Waals surface area contributed by atoms with Crippen molar-refractivity contribution in [3.8, 4) is 17.2 Å². The van der Waals surface area contributed by atoms with Crippen LogP contribution in [0.4, 0.5) is 0 Å². The molecule has 0 unspecified atom stereocenters. The van der Waals surface area contributed by atoms with Crippen molar-refractivity contribution in [2.24, 2.45) is 0 Å². The van der Waals surface area contributed by atoms with E-state index in [0.717, 1.165) is 17.5 Å². The molecule has 3 rings (SSSR count). The number of rotatable bonds is 2. The lowest BCUT2D eigenvalue weighted by Crippen LogP contribution is -2.38. The van der Waals surface area contributed by atoms with Gasteiger partial charge in [-0.15, -0.1) is 0 Å². The molecule has 0 atom stereocenters. The molecule has 1 aliphatic heterocycles. The smallest absolute Gasteiger partial charge is 0.254 e. The van der Waals surface area contributed by atoms with Crippen molar-refractivity contribution in [1.82, 2.24) is 9.80 Å². The number of benzene rings is 2. The standard InChI is InChI=1S/C20H19N3O2/c1-22-11-6-12-23(14-19(22)24)20(25)18-10-5-4-9-17(18)16-8-3-2-7-15(16)13-21/h2-5,7-10H,6,11-12,14H2,1H3. The van der Waals surface area contributed by atoms with Gasteiger partial charge in [-0.3, -0.25) is 9.59 Å². The maximum Gasteiger partial charge on any atom is 0.254 e. The van der Waals surface area contributed by atoms with Gasteiger partial charge in [-0.25, -0.2) is 0 Å². The van der Waals surface area contributed by atoms with Crippen LogP contribution in [0.2, 0.25) is 0 Å². The highest BCUT2D eigenvalue weighted by Gasteiger charge is 2.25. The second-order valence-corrected chi connectivity index (χ2v) is 6.10. The predicted molar refractivity (Wildman–Crippen MR) is 94.8 cm³/mol. The molecule has 0 aromatic heterocycles. The second-order valence-electron chi connectivity index (χ2n) is 6.10. The molecule has 0 aliphatic carbocycles. The van der Waals surface area contributed by atoms with Crippen LogP contribution in [-0.4, -0.2) is 48.3 Å². The topological polar surface area (TPSA) is 64.4 Å². The average molecular weight is 333 g/mol. The minimum absolute atomic E-state index is 0.0549. The summed E-state index contributed by atoms with van der Waals surface area (Å²) in [6.45, 7) is 1.29. The molecule has 2 aromatic rings. The van der Waals surface area contributed by atoms with Gasteiger partial charge in [0.05, 0.1) is 11.6 Å². The van der Waals surface area contributed by atoms with Crippen molar-refractivity contribution in [1.29, 1.82) is 5.26 Å². The Balaban J connectivity index is 2.00. The first-order chi connectivity index (χ1) is 12.1. The van der Waals surface area contributed by atoms with E-state index in [-0.39, 0.29) is 18.4 Å². The van der Waals surface area contributed by atoms with Crippen molar-refractivity contribution in [3.05, 3.63) is 59.7 Å². The van der Waals surface area contributed by atoms with E-state index in [1.807, 2.05) is 24.3 Å². The molecule has 0 bridgehead atoms. The summed E-state index contributed by atoms with van der Waals surface area (Å²) in [5, 5.41) is 9.36. The van der Waals surface area contributed by atoms with Gasteiger partial charge in [0, 0.05) is 31.3 Å². The van der Waals surface area contributed by atoms with Crippen LogP contribution in [0.3, 0.4) is 0 Å². The highest BCUT2D eigenvalue weighted by Crippen LogP contribution is 2.28. The van der Waals surface area contributed by atoms with E-state index in [0.29, 0.717) is 24.2 Å². The van der Waals surface area contributed by atoms with Gasteiger partial charge >= 0.3 is 0 Å². The second kappa shape index (κ2) is 7.18.